The minimum atomic E-state index is -1.13. The molecule has 0 saturated heterocycles. The Morgan fingerprint density at radius 2 is 1.44 bits per heavy atom. The number of halogens is 3. The van der Waals surface area contributed by atoms with E-state index in [1.807, 2.05) is 31.2 Å². The highest BCUT2D eigenvalue weighted by atomic mass is 19.1. The Balaban J connectivity index is 2.44. The van der Waals surface area contributed by atoms with E-state index >= 15 is 0 Å². The molecule has 0 radical (unpaired) electrons. The van der Waals surface area contributed by atoms with E-state index in [0.29, 0.717) is 5.56 Å². The predicted octanol–water partition coefficient (Wildman–Crippen LogP) is 4.66. The molecule has 0 aromatic heterocycles. The zero-order valence-electron chi connectivity index (χ0n) is 10.0. The standard InChI is InChI=1S/C15H13F3/c1-2-10-3-5-11(6-4-10)12-7-14(17)13(9-16)15(18)8-12/h3-8H,2,9H2,1H3. The molecule has 0 fully saturated rings. The van der Waals surface area contributed by atoms with Gasteiger partial charge in [-0.25, -0.2) is 13.2 Å². The first-order valence-electron chi connectivity index (χ1n) is 5.79. The first-order valence-corrected chi connectivity index (χ1v) is 5.79. The molecular formula is C15H13F3. The predicted molar refractivity (Wildman–Crippen MR) is 66.0 cm³/mol. The molecule has 0 saturated carbocycles. The lowest BCUT2D eigenvalue weighted by atomic mass is 10.0. The van der Waals surface area contributed by atoms with E-state index < -0.39 is 23.9 Å². The monoisotopic (exact) mass is 250 g/mol. The molecule has 2 aromatic rings. The van der Waals surface area contributed by atoms with Gasteiger partial charge in [-0.15, -0.1) is 0 Å². The summed E-state index contributed by atoms with van der Waals surface area (Å²) in [7, 11) is 0. The first-order chi connectivity index (χ1) is 8.65. The van der Waals surface area contributed by atoms with E-state index in [-0.39, 0.29) is 0 Å². The van der Waals surface area contributed by atoms with Gasteiger partial charge in [-0.1, -0.05) is 31.2 Å². The quantitative estimate of drug-likeness (QED) is 0.743. The van der Waals surface area contributed by atoms with Crippen molar-refractivity contribution < 1.29 is 13.2 Å². The summed E-state index contributed by atoms with van der Waals surface area (Å²) in [5.41, 5.74) is 1.78. The fraction of sp³-hybridized carbons (Fsp3) is 0.200. The second kappa shape index (κ2) is 5.25. The van der Waals surface area contributed by atoms with Crippen LogP contribution in [0.2, 0.25) is 0 Å². The van der Waals surface area contributed by atoms with Crippen LogP contribution in [0.1, 0.15) is 18.1 Å². The maximum atomic E-state index is 13.5. The molecular weight excluding hydrogens is 237 g/mol. The molecule has 18 heavy (non-hydrogen) atoms. The summed E-state index contributed by atoms with van der Waals surface area (Å²) in [6.07, 6.45) is 0.907. The zero-order chi connectivity index (χ0) is 13.1. The summed E-state index contributed by atoms with van der Waals surface area (Å²) in [5, 5.41) is 0. The molecule has 0 N–H and O–H groups in total. The average Bonchev–Trinajstić information content (AvgIpc) is 2.38. The van der Waals surface area contributed by atoms with Gasteiger partial charge < -0.3 is 0 Å². The van der Waals surface area contributed by atoms with Gasteiger partial charge in [-0.3, -0.25) is 0 Å². The molecule has 0 atom stereocenters. The summed E-state index contributed by atoms with van der Waals surface area (Å²) in [6.45, 7) is 0.900. The van der Waals surface area contributed by atoms with Crippen LogP contribution in [-0.2, 0) is 13.1 Å². The summed E-state index contributed by atoms with van der Waals surface area (Å²) < 4.78 is 39.3. The maximum Gasteiger partial charge on any atom is 0.132 e. The average molecular weight is 250 g/mol. The van der Waals surface area contributed by atoms with Crippen molar-refractivity contribution in [2.24, 2.45) is 0 Å². The molecule has 2 aromatic carbocycles. The van der Waals surface area contributed by atoms with Crippen LogP contribution < -0.4 is 0 Å². The highest BCUT2D eigenvalue weighted by Crippen LogP contribution is 2.25. The number of alkyl halides is 1. The van der Waals surface area contributed by atoms with Crippen molar-refractivity contribution in [2.75, 3.05) is 0 Å². The van der Waals surface area contributed by atoms with E-state index in [2.05, 4.69) is 0 Å². The topological polar surface area (TPSA) is 0 Å². The summed E-state index contributed by atoms with van der Waals surface area (Å²) in [5.74, 6) is -1.68. The lowest BCUT2D eigenvalue weighted by Gasteiger charge is -2.06. The third-order valence-corrected chi connectivity index (χ3v) is 2.97. The van der Waals surface area contributed by atoms with Crippen LogP contribution in [0.25, 0.3) is 11.1 Å². The van der Waals surface area contributed by atoms with Gasteiger partial charge in [0.2, 0.25) is 0 Å². The van der Waals surface area contributed by atoms with Gasteiger partial charge in [-0.2, -0.15) is 0 Å². The molecule has 0 unspecified atom stereocenters. The second-order valence-corrected chi connectivity index (χ2v) is 4.10. The number of rotatable bonds is 3. The summed E-state index contributed by atoms with van der Waals surface area (Å²) in [6, 6.07) is 9.77. The molecule has 0 aliphatic rings. The molecule has 2 rings (SSSR count). The molecule has 0 amide bonds. The van der Waals surface area contributed by atoms with E-state index in [9.17, 15) is 13.2 Å². The van der Waals surface area contributed by atoms with E-state index in [4.69, 9.17) is 0 Å². The molecule has 0 spiro atoms. The van der Waals surface area contributed by atoms with Crippen LogP contribution in [0.3, 0.4) is 0 Å². The van der Waals surface area contributed by atoms with Gasteiger partial charge in [0, 0.05) is 0 Å². The van der Waals surface area contributed by atoms with Crippen LogP contribution in [0.5, 0.6) is 0 Å². The van der Waals surface area contributed by atoms with Crippen molar-refractivity contribution in [3.05, 3.63) is 59.2 Å². The number of aryl methyl sites for hydroxylation is 1. The number of hydrogen-bond donors (Lipinski definition) is 0. The van der Waals surface area contributed by atoms with Crippen LogP contribution in [-0.4, -0.2) is 0 Å². The van der Waals surface area contributed by atoms with Crippen LogP contribution in [0.15, 0.2) is 36.4 Å². The Morgan fingerprint density at radius 3 is 1.89 bits per heavy atom. The second-order valence-electron chi connectivity index (χ2n) is 4.10. The SMILES string of the molecule is CCc1ccc(-c2cc(F)c(CF)c(F)c2)cc1. The normalized spacial score (nSPS) is 10.7. The number of hydrogen-bond acceptors (Lipinski definition) is 0. The minimum Gasteiger partial charge on any atom is -0.246 e. The highest BCUT2D eigenvalue weighted by Gasteiger charge is 2.11. The Labute approximate surface area is 104 Å². The Bertz CT molecular complexity index is 521. The molecule has 0 bridgehead atoms. The van der Waals surface area contributed by atoms with Gasteiger partial charge in [0.05, 0.1) is 5.56 Å². The van der Waals surface area contributed by atoms with Crippen LogP contribution in [0.4, 0.5) is 13.2 Å². The van der Waals surface area contributed by atoms with Gasteiger partial charge in [0.25, 0.3) is 0 Å². The zero-order valence-corrected chi connectivity index (χ0v) is 10.0. The fourth-order valence-electron chi connectivity index (χ4n) is 1.83. The van der Waals surface area contributed by atoms with Gasteiger partial charge >= 0.3 is 0 Å². The minimum absolute atomic E-state index is 0.421. The van der Waals surface area contributed by atoms with Crippen molar-refractivity contribution in [3.8, 4) is 11.1 Å². The molecule has 0 aliphatic heterocycles. The van der Waals surface area contributed by atoms with Crippen LogP contribution in [0, 0.1) is 11.6 Å². The fourth-order valence-corrected chi connectivity index (χ4v) is 1.83. The Kier molecular flexibility index (Phi) is 3.70. The van der Waals surface area contributed by atoms with Gasteiger partial charge in [0.15, 0.2) is 0 Å². The molecule has 0 heterocycles. The number of benzene rings is 2. The van der Waals surface area contributed by atoms with E-state index in [0.717, 1.165) is 17.5 Å². The molecule has 3 heteroatoms. The summed E-state index contributed by atoms with van der Waals surface area (Å²) >= 11 is 0. The smallest absolute Gasteiger partial charge is 0.132 e. The van der Waals surface area contributed by atoms with Crippen molar-refractivity contribution in [2.45, 2.75) is 20.0 Å². The van der Waals surface area contributed by atoms with Gasteiger partial charge in [-0.05, 0) is 35.2 Å². The molecule has 94 valence electrons. The van der Waals surface area contributed by atoms with Gasteiger partial charge in [0.1, 0.15) is 18.3 Å². The third kappa shape index (κ3) is 2.40. The van der Waals surface area contributed by atoms with Crippen molar-refractivity contribution >= 4 is 0 Å². The Hall–Kier alpha value is -1.77. The van der Waals surface area contributed by atoms with Crippen molar-refractivity contribution in [1.82, 2.24) is 0 Å². The summed E-state index contributed by atoms with van der Waals surface area (Å²) in [4.78, 5) is 0. The highest BCUT2D eigenvalue weighted by molar-refractivity contribution is 5.64. The van der Waals surface area contributed by atoms with Crippen molar-refractivity contribution in [3.63, 3.8) is 0 Å². The van der Waals surface area contributed by atoms with E-state index in [1.54, 1.807) is 0 Å². The van der Waals surface area contributed by atoms with Crippen molar-refractivity contribution in [1.29, 1.82) is 0 Å². The molecule has 0 aliphatic carbocycles. The lowest BCUT2D eigenvalue weighted by Crippen LogP contribution is -1.94. The largest absolute Gasteiger partial charge is 0.246 e. The van der Waals surface area contributed by atoms with E-state index in [1.165, 1.54) is 12.1 Å². The Morgan fingerprint density at radius 1 is 0.889 bits per heavy atom. The molecule has 0 nitrogen and oxygen atoms in total. The first kappa shape index (κ1) is 12.7. The third-order valence-electron chi connectivity index (χ3n) is 2.97. The maximum absolute atomic E-state index is 13.5. The van der Waals surface area contributed by atoms with Crippen LogP contribution >= 0.6 is 0 Å². The lowest BCUT2D eigenvalue weighted by molar-refractivity contribution is 0.440.